The summed E-state index contributed by atoms with van der Waals surface area (Å²) < 4.78 is 5.20. The third kappa shape index (κ3) is 1.91. The number of fused-ring (bicyclic) bond motifs is 2. The van der Waals surface area contributed by atoms with Crippen LogP contribution >= 0.6 is 0 Å². The average Bonchev–Trinajstić information content (AvgIpc) is 2.87. The number of ether oxygens (including phenoxy) is 1. The van der Waals surface area contributed by atoms with Gasteiger partial charge < -0.3 is 15.2 Å². The molecule has 0 aromatic heterocycles. The van der Waals surface area contributed by atoms with E-state index in [1.54, 1.807) is 37.4 Å². The number of anilines is 1. The van der Waals surface area contributed by atoms with Gasteiger partial charge in [-0.2, -0.15) is 0 Å². The minimum atomic E-state index is -1.82. The Balaban J connectivity index is 1.80. The summed E-state index contributed by atoms with van der Waals surface area (Å²) in [7, 11) is 1.54. The SMILES string of the molecule is COc1ccc2c(c1)C(=O)[C@@H]([C@]1(O)C(=O)Nc3ccccc31)CC2. The zero-order chi connectivity index (χ0) is 16.9. The zero-order valence-electron chi connectivity index (χ0n) is 13.2. The number of aliphatic hydroxyl groups is 1. The van der Waals surface area contributed by atoms with E-state index in [0.29, 0.717) is 35.4 Å². The number of hydrogen-bond acceptors (Lipinski definition) is 4. The molecule has 0 bridgehead atoms. The lowest BCUT2D eigenvalue weighted by Crippen LogP contribution is -2.47. The first-order valence-electron chi connectivity index (χ1n) is 7.90. The second-order valence-electron chi connectivity index (χ2n) is 6.24. The third-order valence-corrected chi connectivity index (χ3v) is 5.04. The van der Waals surface area contributed by atoms with Crippen molar-refractivity contribution in [1.29, 1.82) is 0 Å². The number of rotatable bonds is 2. The van der Waals surface area contributed by atoms with E-state index in [9.17, 15) is 14.7 Å². The number of amides is 1. The predicted molar refractivity (Wildman–Crippen MR) is 88.1 cm³/mol. The van der Waals surface area contributed by atoms with Crippen molar-refractivity contribution < 1.29 is 19.4 Å². The van der Waals surface area contributed by atoms with Crippen molar-refractivity contribution in [3.8, 4) is 5.75 Å². The fourth-order valence-corrected chi connectivity index (χ4v) is 3.76. The lowest BCUT2D eigenvalue weighted by molar-refractivity contribution is -0.138. The summed E-state index contributed by atoms with van der Waals surface area (Å²) in [5.74, 6) is -0.968. The van der Waals surface area contributed by atoms with Crippen molar-refractivity contribution in [2.75, 3.05) is 12.4 Å². The van der Waals surface area contributed by atoms with Gasteiger partial charge in [0.1, 0.15) is 5.75 Å². The van der Waals surface area contributed by atoms with Gasteiger partial charge in [-0.3, -0.25) is 9.59 Å². The topological polar surface area (TPSA) is 75.6 Å². The minimum absolute atomic E-state index is 0.218. The van der Waals surface area contributed by atoms with Gasteiger partial charge in [0, 0.05) is 16.8 Å². The minimum Gasteiger partial charge on any atom is -0.497 e. The molecule has 0 spiro atoms. The molecule has 2 aliphatic rings. The molecule has 5 heteroatoms. The highest BCUT2D eigenvalue weighted by Gasteiger charge is 2.54. The van der Waals surface area contributed by atoms with E-state index in [2.05, 4.69) is 5.32 Å². The molecule has 2 aromatic rings. The Kier molecular flexibility index (Phi) is 3.21. The first-order chi connectivity index (χ1) is 11.6. The molecule has 2 N–H and O–H groups in total. The standard InChI is InChI=1S/C19H17NO4/c1-24-12-8-6-11-7-9-15(17(21)13(11)10-12)19(23)14-4-2-3-5-16(14)20-18(19)22/h2-6,8,10,15,23H,7,9H2,1H3,(H,20,22)/t15-,19-/m0/s1. The van der Waals surface area contributed by atoms with Crippen LogP contribution in [0, 0.1) is 5.92 Å². The van der Waals surface area contributed by atoms with E-state index < -0.39 is 17.4 Å². The molecular formula is C19H17NO4. The second kappa shape index (κ2) is 5.18. The molecule has 2 atom stereocenters. The van der Waals surface area contributed by atoms with Crippen molar-refractivity contribution >= 4 is 17.4 Å². The van der Waals surface area contributed by atoms with Crippen LogP contribution in [0.15, 0.2) is 42.5 Å². The number of methoxy groups -OCH3 is 1. The maximum absolute atomic E-state index is 13.0. The van der Waals surface area contributed by atoms with E-state index in [1.165, 1.54) is 0 Å². The maximum atomic E-state index is 13.0. The monoisotopic (exact) mass is 323 g/mol. The Morgan fingerprint density at radius 3 is 2.79 bits per heavy atom. The average molecular weight is 323 g/mol. The molecule has 4 rings (SSSR count). The van der Waals surface area contributed by atoms with E-state index in [-0.39, 0.29) is 5.78 Å². The Bertz CT molecular complexity index is 860. The largest absolute Gasteiger partial charge is 0.497 e. The zero-order valence-corrected chi connectivity index (χ0v) is 13.2. The summed E-state index contributed by atoms with van der Waals surface area (Å²) in [4.78, 5) is 25.5. The number of aryl methyl sites for hydroxylation is 1. The predicted octanol–water partition coefficient (Wildman–Crippen LogP) is 2.28. The van der Waals surface area contributed by atoms with Gasteiger partial charge in [0.2, 0.25) is 0 Å². The normalized spacial score (nSPS) is 25.0. The van der Waals surface area contributed by atoms with Crippen LogP contribution in [0.5, 0.6) is 5.75 Å². The number of ketones is 1. The lowest BCUT2D eigenvalue weighted by atomic mass is 9.71. The van der Waals surface area contributed by atoms with Gasteiger partial charge in [0.25, 0.3) is 5.91 Å². The third-order valence-electron chi connectivity index (χ3n) is 5.04. The molecule has 0 fully saturated rings. The molecule has 0 saturated heterocycles. The van der Waals surface area contributed by atoms with Crippen LogP contribution in [-0.2, 0) is 16.8 Å². The van der Waals surface area contributed by atoms with Gasteiger partial charge in [0.15, 0.2) is 11.4 Å². The first kappa shape index (κ1) is 14.9. The number of hydrogen-bond donors (Lipinski definition) is 2. The molecule has 24 heavy (non-hydrogen) atoms. The van der Waals surface area contributed by atoms with Crippen LogP contribution in [0.3, 0.4) is 0 Å². The number of Topliss-reactive ketones (excluding diaryl/α,β-unsaturated/α-hetero) is 1. The van der Waals surface area contributed by atoms with Gasteiger partial charge in [-0.15, -0.1) is 0 Å². The van der Waals surface area contributed by atoms with Gasteiger partial charge >= 0.3 is 0 Å². The van der Waals surface area contributed by atoms with E-state index in [0.717, 1.165) is 5.56 Å². The molecule has 1 aliphatic heterocycles. The Morgan fingerprint density at radius 1 is 1.21 bits per heavy atom. The number of carbonyl (C=O) groups is 2. The van der Waals surface area contributed by atoms with Gasteiger partial charge in [0.05, 0.1) is 13.0 Å². The smallest absolute Gasteiger partial charge is 0.261 e. The molecule has 0 radical (unpaired) electrons. The molecule has 2 aromatic carbocycles. The van der Waals surface area contributed by atoms with Gasteiger partial charge in [-0.1, -0.05) is 24.3 Å². The summed E-state index contributed by atoms with van der Waals surface area (Å²) in [5.41, 5.74) is 0.659. The Labute approximate surface area is 139 Å². The Hall–Kier alpha value is -2.66. The fourth-order valence-electron chi connectivity index (χ4n) is 3.76. The molecule has 1 amide bonds. The van der Waals surface area contributed by atoms with Crippen molar-refractivity contribution in [2.45, 2.75) is 18.4 Å². The number of carbonyl (C=O) groups excluding carboxylic acids is 2. The summed E-state index contributed by atoms with van der Waals surface area (Å²) in [6, 6.07) is 12.3. The van der Waals surface area contributed by atoms with Crippen molar-refractivity contribution in [1.82, 2.24) is 0 Å². The molecule has 1 heterocycles. The second-order valence-corrected chi connectivity index (χ2v) is 6.24. The maximum Gasteiger partial charge on any atom is 0.261 e. The van der Waals surface area contributed by atoms with Crippen LogP contribution in [0.2, 0.25) is 0 Å². The molecule has 0 saturated carbocycles. The number of benzene rings is 2. The van der Waals surface area contributed by atoms with E-state index in [1.807, 2.05) is 12.1 Å². The summed E-state index contributed by atoms with van der Waals surface area (Å²) in [5, 5.41) is 13.9. The van der Waals surface area contributed by atoms with Crippen LogP contribution in [-0.4, -0.2) is 23.9 Å². The molecule has 5 nitrogen and oxygen atoms in total. The van der Waals surface area contributed by atoms with E-state index in [4.69, 9.17) is 4.74 Å². The molecule has 0 unspecified atom stereocenters. The Morgan fingerprint density at radius 2 is 2.00 bits per heavy atom. The summed E-state index contributed by atoms with van der Waals surface area (Å²) >= 11 is 0. The molecule has 1 aliphatic carbocycles. The van der Waals surface area contributed by atoms with Crippen molar-refractivity contribution in [3.63, 3.8) is 0 Å². The van der Waals surface area contributed by atoms with Crippen LogP contribution in [0.1, 0.15) is 27.9 Å². The van der Waals surface area contributed by atoms with Gasteiger partial charge in [-0.25, -0.2) is 0 Å². The fraction of sp³-hybridized carbons (Fsp3) is 0.263. The molecule has 122 valence electrons. The quantitative estimate of drug-likeness (QED) is 0.889. The highest BCUT2D eigenvalue weighted by atomic mass is 16.5. The van der Waals surface area contributed by atoms with E-state index >= 15 is 0 Å². The first-order valence-corrected chi connectivity index (χ1v) is 7.90. The summed E-state index contributed by atoms with van der Waals surface area (Å²) in [6.45, 7) is 0. The highest BCUT2D eigenvalue weighted by molar-refractivity contribution is 6.11. The van der Waals surface area contributed by atoms with Crippen LogP contribution < -0.4 is 10.1 Å². The van der Waals surface area contributed by atoms with Crippen LogP contribution in [0.4, 0.5) is 5.69 Å². The van der Waals surface area contributed by atoms with Crippen LogP contribution in [0.25, 0.3) is 0 Å². The van der Waals surface area contributed by atoms with Crippen molar-refractivity contribution in [2.24, 2.45) is 5.92 Å². The highest BCUT2D eigenvalue weighted by Crippen LogP contribution is 2.45. The number of para-hydroxylation sites is 1. The number of nitrogens with one attached hydrogen (secondary N) is 1. The van der Waals surface area contributed by atoms with Gasteiger partial charge in [-0.05, 0) is 36.6 Å². The van der Waals surface area contributed by atoms with Crippen molar-refractivity contribution in [3.05, 3.63) is 59.2 Å². The molecular weight excluding hydrogens is 306 g/mol. The lowest BCUT2D eigenvalue weighted by Gasteiger charge is -2.33. The summed E-state index contributed by atoms with van der Waals surface area (Å²) in [6.07, 6.45) is 1.06.